The monoisotopic (exact) mass is 453 g/mol. The number of aromatic nitrogens is 2. The molecule has 1 aromatic heterocycles. The van der Waals surface area contributed by atoms with Crippen molar-refractivity contribution in [2.75, 3.05) is 5.32 Å². The summed E-state index contributed by atoms with van der Waals surface area (Å²) >= 11 is 0. The van der Waals surface area contributed by atoms with Gasteiger partial charge < -0.3 is 11.1 Å². The molecule has 0 unspecified atom stereocenters. The standard InChI is InChI=1S/C19H18F3N5O3S/c20-19(21,22)14-10-25-27(11-14)16-5-4-15(8-17(16)31(24,29)30)26-18(28)7-12-2-1-3-13(6-12)9-23/h1-6,8,10-11H,7,9,23H2,(H,26,28)(H2,24,29,30). The lowest BCUT2D eigenvalue weighted by Crippen LogP contribution is -2.18. The van der Waals surface area contributed by atoms with Crippen molar-refractivity contribution in [1.29, 1.82) is 0 Å². The molecular weight excluding hydrogens is 435 g/mol. The van der Waals surface area contributed by atoms with Gasteiger partial charge in [-0.15, -0.1) is 0 Å². The Morgan fingerprint density at radius 2 is 1.84 bits per heavy atom. The lowest BCUT2D eigenvalue weighted by atomic mass is 10.1. The van der Waals surface area contributed by atoms with Gasteiger partial charge in [-0.05, 0) is 29.3 Å². The highest BCUT2D eigenvalue weighted by molar-refractivity contribution is 7.89. The third-order valence-corrected chi connectivity index (χ3v) is 5.24. The lowest BCUT2D eigenvalue weighted by Gasteiger charge is -2.12. The Bertz CT molecular complexity index is 1220. The number of nitrogens with zero attached hydrogens (tertiary/aromatic N) is 2. The van der Waals surface area contributed by atoms with Crippen LogP contribution in [0.1, 0.15) is 16.7 Å². The van der Waals surface area contributed by atoms with E-state index in [-0.39, 0.29) is 17.8 Å². The molecule has 0 saturated heterocycles. The Hall–Kier alpha value is -3.22. The summed E-state index contributed by atoms with van der Waals surface area (Å²) < 4.78 is 63.3. The Labute approximate surface area is 175 Å². The van der Waals surface area contributed by atoms with E-state index in [0.29, 0.717) is 24.5 Å². The SMILES string of the molecule is NCc1cccc(CC(=O)Nc2ccc(-n3cc(C(F)(F)F)cn3)c(S(N)(=O)=O)c2)c1. The van der Waals surface area contributed by atoms with Gasteiger partial charge in [-0.2, -0.15) is 18.3 Å². The third-order valence-electron chi connectivity index (χ3n) is 4.30. The van der Waals surface area contributed by atoms with Crippen LogP contribution in [0, 0.1) is 0 Å². The number of amides is 1. The normalized spacial score (nSPS) is 12.0. The molecule has 5 N–H and O–H groups in total. The first kappa shape index (κ1) is 22.5. The molecule has 0 spiro atoms. The molecule has 1 heterocycles. The van der Waals surface area contributed by atoms with Gasteiger partial charge in [0.1, 0.15) is 4.90 Å². The number of alkyl halides is 3. The molecule has 3 aromatic rings. The van der Waals surface area contributed by atoms with Crippen molar-refractivity contribution in [2.45, 2.75) is 24.0 Å². The predicted octanol–water partition coefficient (Wildman–Crippen LogP) is 2.18. The molecule has 12 heteroatoms. The molecule has 0 aliphatic heterocycles. The summed E-state index contributed by atoms with van der Waals surface area (Å²) in [5.41, 5.74) is 6.01. The highest BCUT2D eigenvalue weighted by atomic mass is 32.2. The van der Waals surface area contributed by atoms with Crippen molar-refractivity contribution >= 4 is 21.6 Å². The van der Waals surface area contributed by atoms with E-state index < -0.39 is 32.6 Å². The van der Waals surface area contributed by atoms with Crippen molar-refractivity contribution in [1.82, 2.24) is 9.78 Å². The molecule has 164 valence electrons. The number of anilines is 1. The zero-order valence-corrected chi connectivity index (χ0v) is 16.7. The first-order valence-electron chi connectivity index (χ1n) is 8.84. The van der Waals surface area contributed by atoms with Gasteiger partial charge in [0.25, 0.3) is 0 Å². The number of hydrogen-bond donors (Lipinski definition) is 3. The molecule has 0 bridgehead atoms. The van der Waals surface area contributed by atoms with Crippen molar-refractivity contribution < 1.29 is 26.4 Å². The fourth-order valence-electron chi connectivity index (χ4n) is 2.87. The zero-order chi connectivity index (χ0) is 22.8. The third kappa shape index (κ3) is 5.48. The summed E-state index contributed by atoms with van der Waals surface area (Å²) in [7, 11) is -4.34. The Morgan fingerprint density at radius 3 is 2.45 bits per heavy atom. The lowest BCUT2D eigenvalue weighted by molar-refractivity contribution is -0.137. The van der Waals surface area contributed by atoms with E-state index in [1.807, 2.05) is 6.07 Å². The van der Waals surface area contributed by atoms with Crippen LogP contribution in [0.4, 0.5) is 18.9 Å². The van der Waals surface area contributed by atoms with Crippen molar-refractivity contribution in [3.8, 4) is 5.69 Å². The number of nitrogens with one attached hydrogen (secondary N) is 1. The van der Waals surface area contributed by atoms with Gasteiger partial charge in [0.15, 0.2) is 0 Å². The van der Waals surface area contributed by atoms with Crippen molar-refractivity contribution in [3.63, 3.8) is 0 Å². The quantitative estimate of drug-likeness (QED) is 0.526. The van der Waals surface area contributed by atoms with E-state index in [0.717, 1.165) is 16.3 Å². The summed E-state index contributed by atoms with van der Waals surface area (Å²) in [4.78, 5) is 11.9. The number of halogens is 3. The van der Waals surface area contributed by atoms with E-state index in [4.69, 9.17) is 10.9 Å². The maximum atomic E-state index is 12.8. The van der Waals surface area contributed by atoms with Crippen LogP contribution in [0.15, 0.2) is 59.8 Å². The van der Waals surface area contributed by atoms with Crippen molar-refractivity contribution in [3.05, 3.63) is 71.5 Å². The van der Waals surface area contributed by atoms with Crippen LogP contribution >= 0.6 is 0 Å². The Morgan fingerprint density at radius 1 is 1.13 bits per heavy atom. The van der Waals surface area contributed by atoms with Gasteiger partial charge in [-0.3, -0.25) is 4.79 Å². The second-order valence-corrected chi connectivity index (χ2v) is 8.18. The molecule has 0 fully saturated rings. The minimum Gasteiger partial charge on any atom is -0.326 e. The van der Waals surface area contributed by atoms with Crippen LogP contribution in [0.3, 0.4) is 0 Å². The van der Waals surface area contributed by atoms with E-state index in [1.54, 1.807) is 18.2 Å². The minimum absolute atomic E-state index is 0.00833. The van der Waals surface area contributed by atoms with Gasteiger partial charge in [-0.25, -0.2) is 18.2 Å². The van der Waals surface area contributed by atoms with Crippen LogP contribution in [0.2, 0.25) is 0 Å². The molecule has 0 atom stereocenters. The molecule has 1 amide bonds. The molecule has 0 saturated carbocycles. The molecule has 8 nitrogen and oxygen atoms in total. The summed E-state index contributed by atoms with van der Waals surface area (Å²) in [6.07, 6.45) is -3.42. The fourth-order valence-corrected chi connectivity index (χ4v) is 3.61. The molecular formula is C19H18F3N5O3S. The highest BCUT2D eigenvalue weighted by Gasteiger charge is 2.32. The number of carbonyl (C=O) groups is 1. The molecule has 0 radical (unpaired) electrons. The van der Waals surface area contributed by atoms with Crippen LogP contribution in [-0.2, 0) is 34.0 Å². The fraction of sp³-hybridized carbons (Fsp3) is 0.158. The summed E-state index contributed by atoms with van der Waals surface area (Å²) in [6, 6.07) is 10.7. The van der Waals surface area contributed by atoms with E-state index in [2.05, 4.69) is 10.4 Å². The first-order chi connectivity index (χ1) is 14.5. The number of sulfonamides is 1. The minimum atomic E-state index is -4.64. The van der Waals surface area contributed by atoms with Crippen LogP contribution in [-0.4, -0.2) is 24.1 Å². The van der Waals surface area contributed by atoms with E-state index in [9.17, 15) is 26.4 Å². The Kier molecular flexibility index (Phi) is 6.15. The van der Waals surface area contributed by atoms with Crippen LogP contribution < -0.4 is 16.2 Å². The molecule has 3 rings (SSSR count). The Balaban J connectivity index is 1.88. The van der Waals surface area contributed by atoms with E-state index in [1.165, 1.54) is 12.1 Å². The second-order valence-electron chi connectivity index (χ2n) is 6.65. The van der Waals surface area contributed by atoms with Crippen molar-refractivity contribution in [2.24, 2.45) is 10.9 Å². The maximum absolute atomic E-state index is 12.8. The molecule has 31 heavy (non-hydrogen) atoms. The number of carbonyl (C=O) groups excluding carboxylic acids is 1. The molecule has 0 aliphatic carbocycles. The van der Waals surface area contributed by atoms with Gasteiger partial charge in [0.2, 0.25) is 15.9 Å². The van der Waals surface area contributed by atoms with Gasteiger partial charge in [-0.1, -0.05) is 24.3 Å². The number of rotatable bonds is 6. The second kappa shape index (κ2) is 8.49. The smallest absolute Gasteiger partial charge is 0.326 e. The number of nitrogens with two attached hydrogens (primary N) is 2. The average Bonchev–Trinajstić information content (AvgIpc) is 3.18. The summed E-state index contributed by atoms with van der Waals surface area (Å²) in [5, 5.41) is 11.3. The number of hydrogen-bond acceptors (Lipinski definition) is 5. The van der Waals surface area contributed by atoms with Crippen LogP contribution in [0.5, 0.6) is 0 Å². The summed E-state index contributed by atoms with van der Waals surface area (Å²) in [5.74, 6) is -0.430. The zero-order valence-electron chi connectivity index (χ0n) is 15.9. The molecule has 0 aliphatic rings. The van der Waals surface area contributed by atoms with E-state index >= 15 is 0 Å². The van der Waals surface area contributed by atoms with Gasteiger partial charge >= 0.3 is 6.18 Å². The number of benzene rings is 2. The van der Waals surface area contributed by atoms with Gasteiger partial charge in [0.05, 0.1) is 23.9 Å². The average molecular weight is 453 g/mol. The maximum Gasteiger partial charge on any atom is 0.419 e. The topological polar surface area (TPSA) is 133 Å². The first-order valence-corrected chi connectivity index (χ1v) is 10.4. The summed E-state index contributed by atoms with van der Waals surface area (Å²) in [6.45, 7) is 0.318. The number of primary sulfonamides is 1. The molecule has 2 aromatic carbocycles. The predicted molar refractivity (Wildman–Crippen MR) is 107 cm³/mol. The van der Waals surface area contributed by atoms with Crippen LogP contribution in [0.25, 0.3) is 5.69 Å². The highest BCUT2D eigenvalue weighted by Crippen LogP contribution is 2.30. The largest absolute Gasteiger partial charge is 0.419 e. The van der Waals surface area contributed by atoms with Gasteiger partial charge in [0, 0.05) is 18.4 Å².